The smallest absolute Gasteiger partial charge is 0.339 e. The molecule has 0 fully saturated rings. The van der Waals surface area contributed by atoms with Crippen LogP contribution >= 0.6 is 0 Å². The molecule has 0 aliphatic rings. The van der Waals surface area contributed by atoms with E-state index < -0.39 is 5.97 Å². The Balaban J connectivity index is 3.30. The molecular formula is C11H10O2. The van der Waals surface area contributed by atoms with Gasteiger partial charge in [0.05, 0.1) is 12.7 Å². The summed E-state index contributed by atoms with van der Waals surface area (Å²) in [5.41, 5.74) is 1.96. The maximum atomic E-state index is 11.2. The lowest BCUT2D eigenvalue weighted by atomic mass is 10.0. The van der Waals surface area contributed by atoms with Gasteiger partial charge in [0, 0.05) is 5.56 Å². The number of ether oxygens (including phenoxy) is 1. The molecule has 0 atom stereocenters. The molecule has 2 nitrogen and oxygen atoms in total. The van der Waals surface area contributed by atoms with Gasteiger partial charge in [0.2, 0.25) is 0 Å². The van der Waals surface area contributed by atoms with E-state index in [1.54, 1.807) is 12.1 Å². The van der Waals surface area contributed by atoms with Crippen molar-refractivity contribution in [2.75, 3.05) is 7.11 Å². The van der Waals surface area contributed by atoms with Crippen molar-refractivity contribution in [3.8, 4) is 12.3 Å². The molecule has 13 heavy (non-hydrogen) atoms. The van der Waals surface area contributed by atoms with Crippen molar-refractivity contribution in [2.45, 2.75) is 6.92 Å². The van der Waals surface area contributed by atoms with Gasteiger partial charge in [-0.05, 0) is 18.6 Å². The number of hydrogen-bond donors (Lipinski definition) is 0. The van der Waals surface area contributed by atoms with Crippen LogP contribution in [0.4, 0.5) is 0 Å². The summed E-state index contributed by atoms with van der Waals surface area (Å²) in [5.74, 6) is 2.09. The van der Waals surface area contributed by atoms with Gasteiger partial charge in [0.25, 0.3) is 0 Å². The van der Waals surface area contributed by atoms with Gasteiger partial charge in [0.1, 0.15) is 0 Å². The fourth-order valence-corrected chi connectivity index (χ4v) is 1.14. The molecule has 0 amide bonds. The Kier molecular flexibility index (Phi) is 2.71. The predicted molar refractivity (Wildman–Crippen MR) is 50.5 cm³/mol. The van der Waals surface area contributed by atoms with Crippen molar-refractivity contribution >= 4 is 5.97 Å². The van der Waals surface area contributed by atoms with Crippen LogP contribution in [0.3, 0.4) is 0 Å². The summed E-state index contributed by atoms with van der Waals surface area (Å²) < 4.78 is 4.60. The molecule has 0 unspecified atom stereocenters. The zero-order valence-corrected chi connectivity index (χ0v) is 7.63. The highest BCUT2D eigenvalue weighted by atomic mass is 16.5. The third-order valence-corrected chi connectivity index (χ3v) is 1.82. The van der Waals surface area contributed by atoms with Gasteiger partial charge in [0.15, 0.2) is 0 Å². The Morgan fingerprint density at radius 2 is 2.23 bits per heavy atom. The van der Waals surface area contributed by atoms with Crippen LogP contribution in [0, 0.1) is 19.3 Å². The summed E-state index contributed by atoms with van der Waals surface area (Å²) in [7, 11) is 1.34. The van der Waals surface area contributed by atoms with E-state index in [-0.39, 0.29) is 0 Å². The molecule has 0 bridgehead atoms. The average molecular weight is 174 g/mol. The monoisotopic (exact) mass is 174 g/mol. The van der Waals surface area contributed by atoms with Crippen molar-refractivity contribution in [1.29, 1.82) is 0 Å². The summed E-state index contributed by atoms with van der Waals surface area (Å²) in [6.45, 7) is 1.86. The first-order chi connectivity index (χ1) is 6.20. The Labute approximate surface area is 77.5 Å². The Morgan fingerprint density at radius 3 is 2.77 bits per heavy atom. The van der Waals surface area contributed by atoms with E-state index in [1.165, 1.54) is 7.11 Å². The summed E-state index contributed by atoms with van der Waals surface area (Å²) >= 11 is 0. The predicted octanol–water partition coefficient (Wildman–Crippen LogP) is 1.76. The molecule has 0 aliphatic carbocycles. The second-order valence-electron chi connectivity index (χ2n) is 2.63. The summed E-state index contributed by atoms with van der Waals surface area (Å²) in [6, 6.07) is 5.30. The highest BCUT2D eigenvalue weighted by Crippen LogP contribution is 2.13. The van der Waals surface area contributed by atoms with Crippen molar-refractivity contribution in [3.63, 3.8) is 0 Å². The van der Waals surface area contributed by atoms with Gasteiger partial charge < -0.3 is 4.74 Å². The molecule has 1 aromatic rings. The molecule has 1 rings (SSSR count). The lowest BCUT2D eigenvalue weighted by molar-refractivity contribution is 0.0600. The standard InChI is InChI=1S/C11H10O2/c1-4-9-8(2)6-5-7-10(9)11(12)13-3/h1,5-7H,2-3H3. The maximum absolute atomic E-state index is 11.2. The number of terminal acetylenes is 1. The molecular weight excluding hydrogens is 164 g/mol. The number of methoxy groups -OCH3 is 1. The summed E-state index contributed by atoms with van der Waals surface area (Å²) in [6.07, 6.45) is 5.29. The molecule has 0 aliphatic heterocycles. The number of rotatable bonds is 1. The zero-order chi connectivity index (χ0) is 9.84. The molecule has 0 heterocycles. The maximum Gasteiger partial charge on any atom is 0.339 e. The van der Waals surface area contributed by atoms with Gasteiger partial charge >= 0.3 is 5.97 Å². The van der Waals surface area contributed by atoms with E-state index in [1.807, 2.05) is 13.0 Å². The zero-order valence-electron chi connectivity index (χ0n) is 7.63. The third kappa shape index (κ3) is 1.70. The molecule has 0 aromatic heterocycles. The SMILES string of the molecule is C#Cc1c(C)cccc1C(=O)OC. The van der Waals surface area contributed by atoms with Gasteiger partial charge in [-0.1, -0.05) is 18.1 Å². The van der Waals surface area contributed by atoms with Gasteiger partial charge in [-0.2, -0.15) is 0 Å². The largest absolute Gasteiger partial charge is 0.465 e. The molecule has 1 aromatic carbocycles. The van der Waals surface area contributed by atoms with Crippen LogP contribution in [0.15, 0.2) is 18.2 Å². The first kappa shape index (κ1) is 9.34. The highest BCUT2D eigenvalue weighted by Gasteiger charge is 2.10. The lowest BCUT2D eigenvalue weighted by Crippen LogP contribution is -2.04. The lowest BCUT2D eigenvalue weighted by Gasteiger charge is -2.04. The Hall–Kier alpha value is -1.75. The fraction of sp³-hybridized carbons (Fsp3) is 0.182. The topological polar surface area (TPSA) is 26.3 Å². The van der Waals surface area contributed by atoms with E-state index >= 15 is 0 Å². The number of carbonyl (C=O) groups is 1. The van der Waals surface area contributed by atoms with Crippen molar-refractivity contribution in [3.05, 3.63) is 34.9 Å². The van der Waals surface area contributed by atoms with E-state index in [9.17, 15) is 4.79 Å². The molecule has 0 spiro atoms. The van der Waals surface area contributed by atoms with E-state index in [0.717, 1.165) is 5.56 Å². The molecule has 66 valence electrons. The number of carbonyl (C=O) groups excluding carboxylic acids is 1. The minimum absolute atomic E-state index is 0.392. The number of esters is 1. The van der Waals surface area contributed by atoms with Crippen molar-refractivity contribution < 1.29 is 9.53 Å². The van der Waals surface area contributed by atoms with E-state index in [0.29, 0.717) is 11.1 Å². The van der Waals surface area contributed by atoms with Crippen LogP contribution < -0.4 is 0 Å². The van der Waals surface area contributed by atoms with Crippen LogP contribution in [-0.4, -0.2) is 13.1 Å². The quantitative estimate of drug-likeness (QED) is 0.479. The second kappa shape index (κ2) is 3.77. The van der Waals surface area contributed by atoms with Crippen LogP contribution in [-0.2, 0) is 4.74 Å². The van der Waals surface area contributed by atoms with Crippen molar-refractivity contribution in [1.82, 2.24) is 0 Å². The minimum Gasteiger partial charge on any atom is -0.465 e. The van der Waals surface area contributed by atoms with E-state index in [2.05, 4.69) is 10.7 Å². The summed E-state index contributed by atoms with van der Waals surface area (Å²) in [5, 5.41) is 0. The second-order valence-corrected chi connectivity index (χ2v) is 2.63. The van der Waals surface area contributed by atoms with Crippen LogP contribution in [0.1, 0.15) is 21.5 Å². The Morgan fingerprint density at radius 1 is 1.54 bits per heavy atom. The number of aryl methyl sites for hydroxylation is 1. The van der Waals surface area contributed by atoms with Gasteiger partial charge in [-0.25, -0.2) is 4.79 Å². The fourth-order valence-electron chi connectivity index (χ4n) is 1.14. The Bertz CT molecular complexity index is 372. The van der Waals surface area contributed by atoms with Gasteiger partial charge in [-0.3, -0.25) is 0 Å². The molecule has 0 saturated carbocycles. The first-order valence-electron chi connectivity index (χ1n) is 3.85. The number of benzene rings is 1. The van der Waals surface area contributed by atoms with Crippen LogP contribution in [0.5, 0.6) is 0 Å². The minimum atomic E-state index is -0.392. The molecule has 0 saturated heterocycles. The highest BCUT2D eigenvalue weighted by molar-refractivity contribution is 5.92. The molecule has 0 N–H and O–H groups in total. The van der Waals surface area contributed by atoms with Gasteiger partial charge in [-0.15, -0.1) is 6.42 Å². The summed E-state index contributed by atoms with van der Waals surface area (Å²) in [4.78, 5) is 11.2. The molecule has 2 heteroatoms. The first-order valence-corrected chi connectivity index (χ1v) is 3.85. The molecule has 0 radical (unpaired) electrons. The number of hydrogen-bond acceptors (Lipinski definition) is 2. The van der Waals surface area contributed by atoms with E-state index in [4.69, 9.17) is 6.42 Å². The van der Waals surface area contributed by atoms with Crippen LogP contribution in [0.25, 0.3) is 0 Å². The average Bonchev–Trinajstić information content (AvgIpc) is 2.16. The van der Waals surface area contributed by atoms with Crippen LogP contribution in [0.2, 0.25) is 0 Å². The third-order valence-electron chi connectivity index (χ3n) is 1.82. The normalized spacial score (nSPS) is 9.00. The van der Waals surface area contributed by atoms with Crippen molar-refractivity contribution in [2.24, 2.45) is 0 Å².